The summed E-state index contributed by atoms with van der Waals surface area (Å²) in [5.41, 5.74) is 7.44. The highest BCUT2D eigenvalue weighted by molar-refractivity contribution is 6.30. The Bertz CT molecular complexity index is 362. The normalized spacial score (nSPS) is 38.5. The highest BCUT2D eigenvalue weighted by Gasteiger charge is 2.47. The number of rotatable bonds is 1. The maximum atomic E-state index is 6.18. The largest absolute Gasteiger partial charge is 0.373 e. The van der Waals surface area contributed by atoms with Crippen molar-refractivity contribution >= 4 is 11.6 Å². The molecule has 2 nitrogen and oxygen atoms in total. The van der Waals surface area contributed by atoms with Crippen molar-refractivity contribution in [3.63, 3.8) is 0 Å². The first-order valence-corrected chi connectivity index (χ1v) is 5.80. The maximum absolute atomic E-state index is 6.18. The molecule has 1 aromatic rings. The lowest BCUT2D eigenvalue weighted by molar-refractivity contribution is 0.0976. The quantitative estimate of drug-likeness (QED) is 0.793. The average Bonchev–Trinajstić information content (AvgIpc) is 2.80. The summed E-state index contributed by atoms with van der Waals surface area (Å²) in [4.78, 5) is 0. The molecule has 2 bridgehead atoms. The summed E-state index contributed by atoms with van der Waals surface area (Å²) >= 11 is 5.87. The Kier molecular flexibility index (Phi) is 2.23. The van der Waals surface area contributed by atoms with Crippen LogP contribution in [0.15, 0.2) is 24.3 Å². The molecule has 80 valence electrons. The molecule has 2 aliphatic heterocycles. The standard InChI is InChI=1S/C12H14ClNO/c13-8-3-1-7(2-4-8)11-9-5-6-10(15-9)12(11)14/h1-4,9-12H,5-6,14H2. The summed E-state index contributed by atoms with van der Waals surface area (Å²) in [6.45, 7) is 0. The van der Waals surface area contributed by atoms with Gasteiger partial charge in [-0.15, -0.1) is 0 Å². The van der Waals surface area contributed by atoms with Crippen molar-refractivity contribution in [3.05, 3.63) is 34.9 Å². The first-order chi connectivity index (χ1) is 7.25. The molecule has 2 aliphatic rings. The first kappa shape index (κ1) is 9.64. The van der Waals surface area contributed by atoms with Crippen LogP contribution in [0, 0.1) is 0 Å². The molecule has 3 rings (SSSR count). The van der Waals surface area contributed by atoms with Gasteiger partial charge in [0.25, 0.3) is 0 Å². The Balaban J connectivity index is 1.91. The summed E-state index contributed by atoms with van der Waals surface area (Å²) in [5, 5.41) is 0.774. The molecule has 3 heteroatoms. The summed E-state index contributed by atoms with van der Waals surface area (Å²) in [5.74, 6) is 0.362. The maximum Gasteiger partial charge on any atom is 0.0737 e. The number of fused-ring (bicyclic) bond motifs is 2. The third kappa shape index (κ3) is 1.48. The SMILES string of the molecule is NC1C2CCC(O2)C1c1ccc(Cl)cc1. The third-order valence-electron chi connectivity index (χ3n) is 3.58. The molecule has 0 spiro atoms. The van der Waals surface area contributed by atoms with Crippen LogP contribution < -0.4 is 5.73 Å². The number of hydrogen-bond acceptors (Lipinski definition) is 2. The molecule has 2 saturated heterocycles. The zero-order valence-corrected chi connectivity index (χ0v) is 9.15. The van der Waals surface area contributed by atoms with Crippen LogP contribution in [-0.2, 0) is 4.74 Å². The van der Waals surface area contributed by atoms with Crippen LogP contribution >= 0.6 is 11.6 Å². The summed E-state index contributed by atoms with van der Waals surface area (Å²) in [6, 6.07) is 8.14. The van der Waals surface area contributed by atoms with E-state index >= 15 is 0 Å². The fourth-order valence-electron chi connectivity index (χ4n) is 2.84. The van der Waals surface area contributed by atoms with Gasteiger partial charge < -0.3 is 10.5 Å². The van der Waals surface area contributed by atoms with Gasteiger partial charge in [0, 0.05) is 17.0 Å². The molecule has 2 N–H and O–H groups in total. The second-order valence-electron chi connectivity index (χ2n) is 4.45. The molecule has 0 radical (unpaired) electrons. The van der Waals surface area contributed by atoms with E-state index in [2.05, 4.69) is 12.1 Å². The minimum atomic E-state index is 0.157. The van der Waals surface area contributed by atoms with Gasteiger partial charge in [0.15, 0.2) is 0 Å². The van der Waals surface area contributed by atoms with Crippen molar-refractivity contribution in [2.45, 2.75) is 37.0 Å². The topological polar surface area (TPSA) is 35.2 Å². The van der Waals surface area contributed by atoms with E-state index in [4.69, 9.17) is 22.1 Å². The van der Waals surface area contributed by atoms with Crippen molar-refractivity contribution in [1.29, 1.82) is 0 Å². The predicted molar refractivity (Wildman–Crippen MR) is 60.1 cm³/mol. The van der Waals surface area contributed by atoms with Crippen molar-refractivity contribution in [1.82, 2.24) is 0 Å². The van der Waals surface area contributed by atoms with Crippen LogP contribution in [-0.4, -0.2) is 18.2 Å². The third-order valence-corrected chi connectivity index (χ3v) is 3.84. The molecule has 2 fully saturated rings. The Morgan fingerprint density at radius 1 is 1.13 bits per heavy atom. The van der Waals surface area contributed by atoms with Gasteiger partial charge >= 0.3 is 0 Å². The summed E-state index contributed by atoms with van der Waals surface area (Å²) in [6.07, 6.45) is 2.86. The molecule has 1 aromatic carbocycles. The molecule has 4 unspecified atom stereocenters. The monoisotopic (exact) mass is 223 g/mol. The van der Waals surface area contributed by atoms with Gasteiger partial charge in [0.1, 0.15) is 0 Å². The first-order valence-electron chi connectivity index (χ1n) is 5.42. The van der Waals surface area contributed by atoms with Gasteiger partial charge in [0.2, 0.25) is 0 Å². The van der Waals surface area contributed by atoms with Crippen molar-refractivity contribution in [2.75, 3.05) is 0 Å². The van der Waals surface area contributed by atoms with Crippen LogP contribution in [0.3, 0.4) is 0 Å². The van der Waals surface area contributed by atoms with Crippen molar-refractivity contribution < 1.29 is 4.74 Å². The number of hydrogen-bond donors (Lipinski definition) is 1. The highest BCUT2D eigenvalue weighted by atomic mass is 35.5. The number of benzene rings is 1. The average molecular weight is 224 g/mol. The Morgan fingerprint density at radius 3 is 2.40 bits per heavy atom. The van der Waals surface area contributed by atoms with Crippen LogP contribution in [0.2, 0.25) is 5.02 Å². The minimum absolute atomic E-state index is 0.157. The number of ether oxygens (including phenoxy) is 1. The van der Waals surface area contributed by atoms with Crippen molar-refractivity contribution in [2.24, 2.45) is 5.73 Å². The molecule has 0 saturated carbocycles. The van der Waals surface area contributed by atoms with E-state index in [1.54, 1.807) is 0 Å². The van der Waals surface area contributed by atoms with E-state index in [-0.39, 0.29) is 12.1 Å². The Morgan fingerprint density at radius 2 is 1.80 bits per heavy atom. The Labute approximate surface area is 94.4 Å². The van der Waals surface area contributed by atoms with E-state index < -0.39 is 0 Å². The van der Waals surface area contributed by atoms with E-state index in [1.165, 1.54) is 5.56 Å². The van der Waals surface area contributed by atoms with Gasteiger partial charge in [-0.2, -0.15) is 0 Å². The predicted octanol–water partition coefficient (Wildman–Crippen LogP) is 2.31. The molecule has 0 amide bonds. The second-order valence-corrected chi connectivity index (χ2v) is 4.88. The number of nitrogens with two attached hydrogens (primary N) is 1. The summed E-state index contributed by atoms with van der Waals surface area (Å²) < 4.78 is 5.82. The van der Waals surface area contributed by atoms with E-state index in [9.17, 15) is 0 Å². The van der Waals surface area contributed by atoms with Crippen molar-refractivity contribution in [3.8, 4) is 0 Å². The van der Waals surface area contributed by atoms with Crippen LogP contribution in [0.5, 0.6) is 0 Å². The van der Waals surface area contributed by atoms with Crippen LogP contribution in [0.25, 0.3) is 0 Å². The molecule has 0 aliphatic carbocycles. The van der Waals surface area contributed by atoms with Gasteiger partial charge in [-0.1, -0.05) is 23.7 Å². The molecule has 4 atom stereocenters. The molecule has 0 aromatic heterocycles. The van der Waals surface area contributed by atoms with Gasteiger partial charge in [-0.3, -0.25) is 0 Å². The fourth-order valence-corrected chi connectivity index (χ4v) is 2.96. The molecular formula is C12H14ClNO. The highest BCUT2D eigenvalue weighted by Crippen LogP contribution is 2.43. The van der Waals surface area contributed by atoms with E-state index in [0.29, 0.717) is 12.0 Å². The molecular weight excluding hydrogens is 210 g/mol. The lowest BCUT2D eigenvalue weighted by atomic mass is 9.80. The smallest absolute Gasteiger partial charge is 0.0737 e. The van der Waals surface area contributed by atoms with Gasteiger partial charge in [-0.05, 0) is 30.5 Å². The lowest BCUT2D eigenvalue weighted by Gasteiger charge is -2.25. The van der Waals surface area contributed by atoms with E-state index in [1.807, 2.05) is 12.1 Å². The van der Waals surface area contributed by atoms with Crippen LogP contribution in [0.4, 0.5) is 0 Å². The van der Waals surface area contributed by atoms with Crippen LogP contribution in [0.1, 0.15) is 24.3 Å². The second kappa shape index (κ2) is 3.48. The van der Waals surface area contributed by atoms with Gasteiger partial charge in [0.05, 0.1) is 12.2 Å². The number of halogens is 1. The zero-order chi connectivity index (χ0) is 10.4. The zero-order valence-electron chi connectivity index (χ0n) is 8.40. The summed E-state index contributed by atoms with van der Waals surface area (Å²) in [7, 11) is 0. The lowest BCUT2D eigenvalue weighted by Crippen LogP contribution is -2.38. The molecule has 2 heterocycles. The Hall–Kier alpha value is -0.570. The van der Waals surface area contributed by atoms with E-state index in [0.717, 1.165) is 17.9 Å². The van der Waals surface area contributed by atoms with Gasteiger partial charge in [-0.25, -0.2) is 0 Å². The fraction of sp³-hybridized carbons (Fsp3) is 0.500. The minimum Gasteiger partial charge on any atom is -0.373 e. The molecule has 15 heavy (non-hydrogen) atoms.